The molecule has 0 atom stereocenters. The minimum atomic E-state index is -0.757. The van der Waals surface area contributed by atoms with Gasteiger partial charge in [0.1, 0.15) is 11.4 Å². The van der Waals surface area contributed by atoms with Crippen molar-refractivity contribution < 1.29 is 13.9 Å². The maximum absolute atomic E-state index is 12.9. The molecule has 1 fully saturated rings. The topological polar surface area (TPSA) is 64.3 Å². The number of anilines is 1. The Balaban J connectivity index is 2.12. The van der Waals surface area contributed by atoms with E-state index >= 15 is 0 Å². The molecular formula is C14H19FN2O2. The second-order valence-corrected chi connectivity index (χ2v) is 5.01. The number of halogens is 1. The van der Waals surface area contributed by atoms with Crippen LogP contribution in [0.25, 0.3) is 0 Å². The third kappa shape index (κ3) is 3.04. The molecule has 0 heterocycles. The zero-order valence-electron chi connectivity index (χ0n) is 11.0. The molecule has 4 nitrogen and oxygen atoms in total. The predicted molar refractivity (Wildman–Crippen MR) is 71.2 cm³/mol. The molecule has 1 aliphatic carbocycles. The maximum Gasteiger partial charge on any atom is 0.243 e. The van der Waals surface area contributed by atoms with Gasteiger partial charge < -0.3 is 15.8 Å². The average Bonchev–Trinajstić information content (AvgIpc) is 2.42. The first-order valence-electron chi connectivity index (χ1n) is 6.42. The van der Waals surface area contributed by atoms with Crippen molar-refractivity contribution in [1.82, 2.24) is 0 Å². The van der Waals surface area contributed by atoms with Gasteiger partial charge >= 0.3 is 0 Å². The molecule has 0 bridgehead atoms. The smallest absolute Gasteiger partial charge is 0.243 e. The van der Waals surface area contributed by atoms with Crippen molar-refractivity contribution in [3.05, 3.63) is 30.1 Å². The van der Waals surface area contributed by atoms with Gasteiger partial charge in [0, 0.05) is 12.8 Å². The fourth-order valence-electron chi connectivity index (χ4n) is 2.56. The van der Waals surface area contributed by atoms with E-state index in [4.69, 9.17) is 10.5 Å². The quantitative estimate of drug-likeness (QED) is 0.876. The lowest BCUT2D eigenvalue weighted by Crippen LogP contribution is -2.53. The van der Waals surface area contributed by atoms with Crippen LogP contribution in [0.4, 0.5) is 10.1 Å². The summed E-state index contributed by atoms with van der Waals surface area (Å²) in [6.07, 6.45) is 3.00. The van der Waals surface area contributed by atoms with Crippen LogP contribution in [0.15, 0.2) is 24.3 Å². The molecule has 2 rings (SSSR count). The zero-order valence-corrected chi connectivity index (χ0v) is 11.0. The van der Waals surface area contributed by atoms with Crippen LogP contribution in [0.1, 0.15) is 25.7 Å². The average molecular weight is 266 g/mol. The highest BCUT2D eigenvalue weighted by Crippen LogP contribution is 2.32. The van der Waals surface area contributed by atoms with E-state index in [1.54, 1.807) is 19.2 Å². The van der Waals surface area contributed by atoms with E-state index in [-0.39, 0.29) is 17.8 Å². The molecule has 0 spiro atoms. The van der Waals surface area contributed by atoms with Crippen LogP contribution in [-0.4, -0.2) is 24.7 Å². The van der Waals surface area contributed by atoms with Gasteiger partial charge in [-0.05, 0) is 49.9 Å². The normalized spacial score (nSPS) is 26.9. The SMILES string of the molecule is COC1CCC(Nc2ccc(F)cc2)(C(N)=O)CC1. The highest BCUT2D eigenvalue weighted by atomic mass is 19.1. The molecule has 1 aromatic carbocycles. The van der Waals surface area contributed by atoms with Gasteiger partial charge in [-0.15, -0.1) is 0 Å². The number of benzene rings is 1. The van der Waals surface area contributed by atoms with Crippen molar-refractivity contribution >= 4 is 11.6 Å². The number of methoxy groups -OCH3 is 1. The second-order valence-electron chi connectivity index (χ2n) is 5.01. The van der Waals surface area contributed by atoms with Crippen LogP contribution in [-0.2, 0) is 9.53 Å². The lowest BCUT2D eigenvalue weighted by Gasteiger charge is -2.38. The molecule has 0 radical (unpaired) electrons. The van der Waals surface area contributed by atoms with Crippen LogP contribution in [0, 0.1) is 5.82 Å². The first-order chi connectivity index (χ1) is 9.05. The van der Waals surface area contributed by atoms with Crippen molar-refractivity contribution in [3.8, 4) is 0 Å². The van der Waals surface area contributed by atoms with Crippen molar-refractivity contribution in [1.29, 1.82) is 0 Å². The van der Waals surface area contributed by atoms with Gasteiger partial charge in [-0.2, -0.15) is 0 Å². The number of carbonyl (C=O) groups is 1. The minimum absolute atomic E-state index is 0.183. The van der Waals surface area contributed by atoms with Crippen LogP contribution in [0.5, 0.6) is 0 Å². The Hall–Kier alpha value is -1.62. The Kier molecular flexibility index (Phi) is 4.04. The molecule has 0 saturated heterocycles. The summed E-state index contributed by atoms with van der Waals surface area (Å²) >= 11 is 0. The summed E-state index contributed by atoms with van der Waals surface area (Å²) in [7, 11) is 1.68. The largest absolute Gasteiger partial charge is 0.381 e. The first-order valence-corrected chi connectivity index (χ1v) is 6.42. The van der Waals surface area contributed by atoms with Gasteiger partial charge in [0.05, 0.1) is 6.10 Å². The lowest BCUT2D eigenvalue weighted by molar-refractivity contribution is -0.124. The molecule has 0 unspecified atom stereocenters. The highest BCUT2D eigenvalue weighted by Gasteiger charge is 2.40. The van der Waals surface area contributed by atoms with Gasteiger partial charge in [-0.25, -0.2) is 4.39 Å². The molecule has 19 heavy (non-hydrogen) atoms. The van der Waals surface area contributed by atoms with E-state index in [0.29, 0.717) is 18.5 Å². The van der Waals surface area contributed by atoms with Crippen molar-refractivity contribution in [2.24, 2.45) is 5.73 Å². The Bertz CT molecular complexity index is 439. The molecule has 3 N–H and O–H groups in total. The molecule has 5 heteroatoms. The summed E-state index contributed by atoms with van der Waals surface area (Å²) in [5.41, 5.74) is 5.50. The Labute approximate surface area is 112 Å². The molecule has 1 aliphatic rings. The number of hydrogen-bond donors (Lipinski definition) is 2. The first kappa shape index (κ1) is 13.8. The predicted octanol–water partition coefficient (Wildman–Crippen LogP) is 2.05. The monoisotopic (exact) mass is 266 g/mol. The van der Waals surface area contributed by atoms with E-state index in [1.807, 2.05) is 0 Å². The standard InChI is InChI=1S/C14H19FN2O2/c1-19-12-6-8-14(9-7-12,13(16)18)17-11-4-2-10(15)3-5-11/h2-5,12,17H,6-9H2,1H3,(H2,16,18). The number of nitrogens with two attached hydrogens (primary N) is 1. The second kappa shape index (κ2) is 5.57. The molecule has 1 aromatic rings. The number of carbonyl (C=O) groups excluding carboxylic acids is 1. The van der Waals surface area contributed by atoms with E-state index in [1.165, 1.54) is 12.1 Å². The molecular weight excluding hydrogens is 247 g/mol. The van der Waals surface area contributed by atoms with Crippen molar-refractivity contribution in [2.45, 2.75) is 37.3 Å². The maximum atomic E-state index is 12.9. The fraction of sp³-hybridized carbons (Fsp3) is 0.500. The Morgan fingerprint density at radius 3 is 2.42 bits per heavy atom. The summed E-state index contributed by atoms with van der Waals surface area (Å²) in [5, 5.41) is 3.17. The van der Waals surface area contributed by atoms with Gasteiger partial charge in [0.25, 0.3) is 0 Å². The van der Waals surface area contributed by atoms with Crippen molar-refractivity contribution in [3.63, 3.8) is 0 Å². The number of amides is 1. The third-order valence-corrected chi connectivity index (χ3v) is 3.82. The number of nitrogens with one attached hydrogen (secondary N) is 1. The zero-order chi connectivity index (χ0) is 13.9. The summed E-state index contributed by atoms with van der Waals surface area (Å²) < 4.78 is 18.2. The Morgan fingerprint density at radius 1 is 1.37 bits per heavy atom. The summed E-state index contributed by atoms with van der Waals surface area (Å²) in [6, 6.07) is 5.94. The molecule has 1 amide bonds. The minimum Gasteiger partial charge on any atom is -0.381 e. The molecule has 0 aromatic heterocycles. The third-order valence-electron chi connectivity index (χ3n) is 3.82. The fourth-order valence-corrected chi connectivity index (χ4v) is 2.56. The summed E-state index contributed by atoms with van der Waals surface area (Å²) in [4.78, 5) is 11.8. The lowest BCUT2D eigenvalue weighted by atomic mass is 9.79. The van der Waals surface area contributed by atoms with Gasteiger partial charge in [-0.1, -0.05) is 0 Å². The molecule has 104 valence electrons. The van der Waals surface area contributed by atoms with Gasteiger partial charge in [0.2, 0.25) is 5.91 Å². The number of rotatable bonds is 4. The highest BCUT2D eigenvalue weighted by molar-refractivity contribution is 5.88. The molecule has 0 aliphatic heterocycles. The van der Waals surface area contributed by atoms with Crippen LogP contribution < -0.4 is 11.1 Å². The van der Waals surface area contributed by atoms with Crippen molar-refractivity contribution in [2.75, 3.05) is 12.4 Å². The van der Waals surface area contributed by atoms with Crippen LogP contribution in [0.3, 0.4) is 0 Å². The van der Waals surface area contributed by atoms with E-state index in [0.717, 1.165) is 12.8 Å². The van der Waals surface area contributed by atoms with Gasteiger partial charge in [-0.3, -0.25) is 4.79 Å². The van der Waals surface area contributed by atoms with Crippen LogP contribution in [0.2, 0.25) is 0 Å². The Morgan fingerprint density at radius 2 is 1.95 bits per heavy atom. The van der Waals surface area contributed by atoms with E-state index in [9.17, 15) is 9.18 Å². The van der Waals surface area contributed by atoms with E-state index in [2.05, 4.69) is 5.32 Å². The van der Waals surface area contributed by atoms with E-state index < -0.39 is 5.54 Å². The van der Waals surface area contributed by atoms with Crippen LogP contribution >= 0.6 is 0 Å². The summed E-state index contributed by atoms with van der Waals surface area (Å²) in [6.45, 7) is 0. The van der Waals surface area contributed by atoms with Gasteiger partial charge in [0.15, 0.2) is 0 Å². The number of primary amides is 1. The number of ether oxygens (including phenoxy) is 1. The summed E-state index contributed by atoms with van der Waals surface area (Å²) in [5.74, 6) is -0.673. The molecule has 1 saturated carbocycles. The number of hydrogen-bond acceptors (Lipinski definition) is 3.